The maximum absolute atomic E-state index is 6.97. The van der Waals surface area contributed by atoms with Crippen LogP contribution in [0.3, 0.4) is 0 Å². The SMILES string of the molecule is CC[Si](Cl)(CC)CCCN([Si](CC)(CC)CC)[Si](CC)(CC)CC. The molecule has 0 bridgehead atoms. The molecule has 0 unspecified atom stereocenters. The molecule has 0 rings (SSSR count). The second-order valence-electron chi connectivity index (χ2n) is 7.68. The smallest absolute Gasteiger partial charge is 0.156 e. The molecule has 0 amide bonds. The lowest BCUT2D eigenvalue weighted by atomic mass is 10.5. The van der Waals surface area contributed by atoms with Crippen molar-refractivity contribution >= 4 is 34.9 Å². The van der Waals surface area contributed by atoms with Gasteiger partial charge in [0.25, 0.3) is 0 Å². The second kappa shape index (κ2) is 11.6. The molecule has 0 aromatic rings. The molecule has 0 aromatic heterocycles. The Morgan fingerprint density at radius 1 is 0.583 bits per heavy atom. The maximum atomic E-state index is 6.97. The summed E-state index contributed by atoms with van der Waals surface area (Å²) >= 11 is 6.97. The van der Waals surface area contributed by atoms with Gasteiger partial charge in [0.1, 0.15) is 16.5 Å². The predicted octanol–water partition coefficient (Wildman–Crippen LogP) is 7.91. The fourth-order valence-corrected chi connectivity index (χ4v) is 20.6. The lowest BCUT2D eigenvalue weighted by Crippen LogP contribution is -2.66. The van der Waals surface area contributed by atoms with Crippen LogP contribution in [0.2, 0.25) is 54.4 Å². The zero-order valence-electron chi connectivity index (χ0n) is 18.1. The Morgan fingerprint density at radius 3 is 1.17 bits per heavy atom. The number of nitrogens with zero attached hydrogens (tertiary/aromatic N) is 1. The Bertz CT molecular complexity index is 290. The van der Waals surface area contributed by atoms with E-state index in [-0.39, 0.29) is 0 Å². The van der Waals surface area contributed by atoms with Crippen LogP contribution in [-0.4, -0.2) is 34.6 Å². The molecule has 5 heteroatoms. The van der Waals surface area contributed by atoms with E-state index in [0.717, 1.165) is 0 Å². The molecule has 0 spiro atoms. The molecule has 0 aromatic carbocycles. The van der Waals surface area contributed by atoms with Gasteiger partial charge in [-0.3, -0.25) is 0 Å². The molecule has 146 valence electrons. The van der Waals surface area contributed by atoms with Crippen molar-refractivity contribution in [1.29, 1.82) is 0 Å². The minimum absolute atomic E-state index is 1.24. The fraction of sp³-hybridized carbons (Fsp3) is 1.00. The van der Waals surface area contributed by atoms with E-state index in [1.165, 1.54) is 67.4 Å². The summed E-state index contributed by atoms with van der Waals surface area (Å²) in [5.74, 6) is 0. The number of hydrogen-bond donors (Lipinski definition) is 0. The zero-order valence-corrected chi connectivity index (χ0v) is 21.9. The van der Waals surface area contributed by atoms with E-state index < -0.39 is 23.9 Å². The van der Waals surface area contributed by atoms with Gasteiger partial charge in [0.2, 0.25) is 0 Å². The number of hydrogen-bond acceptors (Lipinski definition) is 1. The summed E-state index contributed by atoms with van der Waals surface area (Å²) in [4.78, 5) is 0. The van der Waals surface area contributed by atoms with Crippen LogP contribution in [0.15, 0.2) is 0 Å². The van der Waals surface area contributed by atoms with E-state index in [1.807, 2.05) is 0 Å². The highest BCUT2D eigenvalue weighted by Gasteiger charge is 2.45. The average Bonchev–Trinajstić information content (AvgIpc) is 2.64. The monoisotopic (exact) mass is 407 g/mol. The molecule has 0 radical (unpaired) electrons. The number of rotatable bonds is 14. The molecular formula is C19H46ClNSi3. The average molecular weight is 408 g/mol. The van der Waals surface area contributed by atoms with Gasteiger partial charge in [-0.1, -0.05) is 55.4 Å². The molecule has 0 atom stereocenters. The van der Waals surface area contributed by atoms with Gasteiger partial charge in [0.05, 0.1) is 0 Å². The Balaban J connectivity index is 5.49. The van der Waals surface area contributed by atoms with Crippen LogP contribution in [-0.2, 0) is 0 Å². The Morgan fingerprint density at radius 2 is 0.917 bits per heavy atom. The van der Waals surface area contributed by atoms with Crippen LogP contribution in [0.4, 0.5) is 0 Å². The minimum Gasteiger partial charge on any atom is -0.345 e. The first-order valence-electron chi connectivity index (χ1n) is 10.8. The van der Waals surface area contributed by atoms with E-state index >= 15 is 0 Å². The van der Waals surface area contributed by atoms with Gasteiger partial charge in [-0.15, -0.1) is 0 Å². The van der Waals surface area contributed by atoms with Crippen molar-refractivity contribution in [2.45, 2.75) is 116 Å². The highest BCUT2D eigenvalue weighted by molar-refractivity contribution is 7.20. The topological polar surface area (TPSA) is 3.24 Å². The first-order valence-corrected chi connectivity index (χ1v) is 19.6. The molecule has 0 aliphatic heterocycles. The highest BCUT2D eigenvalue weighted by Crippen LogP contribution is 2.37. The van der Waals surface area contributed by atoms with Crippen LogP contribution < -0.4 is 0 Å². The standard InChI is InChI=1S/C19H46ClNSi3/c1-9-22(20,10-2)19-17-18-21(23(11-3,12-4)13-5)24(14-6,15-7)16-8/h9-19H2,1-8H3. The van der Waals surface area contributed by atoms with E-state index in [4.69, 9.17) is 11.1 Å². The molecular weight excluding hydrogens is 362 g/mol. The zero-order chi connectivity index (χ0) is 18.9. The molecule has 0 heterocycles. The number of halogens is 1. The van der Waals surface area contributed by atoms with Gasteiger partial charge in [-0.25, -0.2) is 0 Å². The van der Waals surface area contributed by atoms with E-state index in [0.29, 0.717) is 0 Å². The largest absolute Gasteiger partial charge is 0.345 e. The molecule has 0 aliphatic carbocycles. The third-order valence-corrected chi connectivity index (χ3v) is 26.8. The first kappa shape index (κ1) is 24.9. The summed E-state index contributed by atoms with van der Waals surface area (Å²) in [6.45, 7) is 20.8. The summed E-state index contributed by atoms with van der Waals surface area (Å²) in [6.07, 6.45) is 1.35. The molecule has 24 heavy (non-hydrogen) atoms. The lowest BCUT2D eigenvalue weighted by Gasteiger charge is -2.52. The molecule has 0 saturated heterocycles. The van der Waals surface area contributed by atoms with Crippen molar-refractivity contribution in [3.63, 3.8) is 0 Å². The van der Waals surface area contributed by atoms with Crippen LogP contribution in [0.5, 0.6) is 0 Å². The quantitative estimate of drug-likeness (QED) is 0.208. The van der Waals surface area contributed by atoms with Crippen molar-refractivity contribution in [1.82, 2.24) is 4.23 Å². The molecule has 0 fully saturated rings. The van der Waals surface area contributed by atoms with Gasteiger partial charge in [-0.2, -0.15) is 11.1 Å². The summed E-state index contributed by atoms with van der Waals surface area (Å²) < 4.78 is 3.22. The minimum atomic E-state index is -1.47. The maximum Gasteiger partial charge on any atom is 0.156 e. The predicted molar refractivity (Wildman–Crippen MR) is 123 cm³/mol. The van der Waals surface area contributed by atoms with Crippen molar-refractivity contribution in [2.75, 3.05) is 6.54 Å². The van der Waals surface area contributed by atoms with Gasteiger partial charge in [0, 0.05) is 0 Å². The second-order valence-corrected chi connectivity index (χ2v) is 25.0. The van der Waals surface area contributed by atoms with E-state index in [2.05, 4.69) is 59.6 Å². The Hall–Kier alpha value is 0.901. The van der Waals surface area contributed by atoms with Gasteiger partial charge in [0.15, 0.2) is 7.38 Å². The molecule has 0 N–H and O–H groups in total. The van der Waals surface area contributed by atoms with Gasteiger partial charge >= 0.3 is 0 Å². The van der Waals surface area contributed by atoms with Crippen molar-refractivity contribution < 1.29 is 0 Å². The lowest BCUT2D eigenvalue weighted by molar-refractivity contribution is 0.564. The van der Waals surface area contributed by atoms with Crippen LogP contribution in [0.25, 0.3) is 0 Å². The van der Waals surface area contributed by atoms with Crippen molar-refractivity contribution in [3.05, 3.63) is 0 Å². The Labute approximate surface area is 161 Å². The first-order chi connectivity index (χ1) is 11.3. The fourth-order valence-electron chi connectivity index (χ4n) is 4.78. The van der Waals surface area contributed by atoms with E-state index in [9.17, 15) is 0 Å². The molecule has 1 nitrogen and oxygen atoms in total. The third-order valence-electron chi connectivity index (χ3n) is 7.37. The van der Waals surface area contributed by atoms with E-state index in [1.54, 1.807) is 0 Å². The summed E-state index contributed by atoms with van der Waals surface area (Å²) in [7, 11) is -4.06. The molecule has 0 saturated carbocycles. The summed E-state index contributed by atoms with van der Waals surface area (Å²) in [5, 5.41) is 0. The normalized spacial score (nSPS) is 13.8. The van der Waals surface area contributed by atoms with Crippen LogP contribution in [0.1, 0.15) is 61.8 Å². The van der Waals surface area contributed by atoms with Crippen molar-refractivity contribution in [3.8, 4) is 0 Å². The highest BCUT2D eigenvalue weighted by atomic mass is 35.6. The summed E-state index contributed by atoms with van der Waals surface area (Å²) in [5.41, 5.74) is 0. The van der Waals surface area contributed by atoms with Crippen molar-refractivity contribution in [2.24, 2.45) is 0 Å². The van der Waals surface area contributed by atoms with Crippen LogP contribution >= 0.6 is 11.1 Å². The summed E-state index contributed by atoms with van der Waals surface area (Å²) in [6, 6.07) is 12.4. The Kier molecular flexibility index (Phi) is 12.0. The molecule has 0 aliphatic rings. The van der Waals surface area contributed by atoms with Gasteiger partial charge in [-0.05, 0) is 67.4 Å². The van der Waals surface area contributed by atoms with Gasteiger partial charge < -0.3 is 4.23 Å². The van der Waals surface area contributed by atoms with Crippen LogP contribution in [0, 0.1) is 0 Å². The third kappa shape index (κ3) is 5.70.